The molecule has 7 rings (SSSR count). The van der Waals surface area contributed by atoms with Gasteiger partial charge in [0.15, 0.2) is 0 Å². The van der Waals surface area contributed by atoms with E-state index in [2.05, 4.69) is 104 Å². The lowest BCUT2D eigenvalue weighted by Gasteiger charge is -2.20. The number of rotatable bonds is 5. The van der Waals surface area contributed by atoms with Crippen molar-refractivity contribution >= 4 is 69.8 Å². The van der Waals surface area contributed by atoms with E-state index >= 15 is 0 Å². The van der Waals surface area contributed by atoms with Crippen LogP contribution < -0.4 is 5.32 Å². The average molecular weight is 530 g/mol. The number of thiophene rings is 1. The van der Waals surface area contributed by atoms with Gasteiger partial charge in [0.2, 0.25) is 0 Å². The number of aryl methyl sites for hydroxylation is 1. The molecule has 7 aromatic rings. The number of hydrogen-bond donors (Lipinski definition) is 2. The Balaban J connectivity index is 1.39. The molecular formula is C33H31N5S. The molecule has 194 valence electrons. The highest BCUT2D eigenvalue weighted by atomic mass is 32.1. The smallest absolute Gasteiger partial charge is 0.109 e. The average Bonchev–Trinajstić information content (AvgIpc) is 3.53. The van der Waals surface area contributed by atoms with Crippen molar-refractivity contribution in [3.05, 3.63) is 72.3 Å². The van der Waals surface area contributed by atoms with E-state index in [4.69, 9.17) is 4.98 Å². The Kier molecular flexibility index (Phi) is 5.56. The fraction of sp³-hybridized carbons (Fsp3) is 0.242. The maximum atomic E-state index is 4.82. The Bertz CT molecular complexity index is 2050. The number of aromatic amines is 1. The second-order valence-electron chi connectivity index (χ2n) is 11.0. The van der Waals surface area contributed by atoms with Crippen LogP contribution in [0.3, 0.4) is 0 Å². The van der Waals surface area contributed by atoms with Crippen LogP contribution in [0.25, 0.3) is 63.9 Å². The van der Waals surface area contributed by atoms with E-state index in [1.807, 2.05) is 23.7 Å². The van der Waals surface area contributed by atoms with Gasteiger partial charge in [-0.2, -0.15) is 10.2 Å². The molecule has 1 atom stereocenters. The zero-order chi connectivity index (χ0) is 26.8. The van der Waals surface area contributed by atoms with Crippen LogP contribution in [0, 0.1) is 6.92 Å². The Hall–Kier alpha value is -4.03. The highest BCUT2D eigenvalue weighted by molar-refractivity contribution is 7.25. The monoisotopic (exact) mass is 529 g/mol. The van der Waals surface area contributed by atoms with Gasteiger partial charge < -0.3 is 10.3 Å². The molecule has 1 unspecified atom stereocenters. The number of anilines is 1. The van der Waals surface area contributed by atoms with Crippen molar-refractivity contribution in [1.29, 1.82) is 0 Å². The third kappa shape index (κ3) is 3.85. The summed E-state index contributed by atoms with van der Waals surface area (Å²) in [7, 11) is 0. The van der Waals surface area contributed by atoms with Gasteiger partial charge >= 0.3 is 0 Å². The first-order chi connectivity index (χ1) is 18.9. The van der Waals surface area contributed by atoms with Crippen molar-refractivity contribution in [3.63, 3.8) is 0 Å². The highest BCUT2D eigenvalue weighted by Gasteiger charge is 2.16. The first-order valence-corrected chi connectivity index (χ1v) is 14.5. The maximum Gasteiger partial charge on any atom is 0.109 e. The standard InChI is InChI=1S/C33H31N5S/c1-6-18(4)36-32-19(5)26-15-34-35-16-27(26)24-11-20(8-10-23(24)32)21-7-9-22-25-13-28-29(38-33(37-28)17(2)3)14-31(25)39-30(22)12-21/h7-18,36H,6H2,1-5H3,(H,37,38). The molecule has 0 bridgehead atoms. The quantitative estimate of drug-likeness (QED) is 0.218. The van der Waals surface area contributed by atoms with Crippen molar-refractivity contribution in [1.82, 2.24) is 20.2 Å². The summed E-state index contributed by atoms with van der Waals surface area (Å²) >= 11 is 1.84. The molecular weight excluding hydrogens is 498 g/mol. The molecule has 0 aliphatic heterocycles. The molecule has 0 radical (unpaired) electrons. The van der Waals surface area contributed by atoms with E-state index in [9.17, 15) is 0 Å². The number of aromatic nitrogens is 4. The van der Waals surface area contributed by atoms with Gasteiger partial charge in [-0.3, -0.25) is 0 Å². The molecule has 4 aromatic carbocycles. The summed E-state index contributed by atoms with van der Waals surface area (Å²) in [6.07, 6.45) is 4.85. The number of benzene rings is 4. The first kappa shape index (κ1) is 24.0. The van der Waals surface area contributed by atoms with E-state index in [-0.39, 0.29) is 0 Å². The Labute approximate surface area is 231 Å². The predicted octanol–water partition coefficient (Wildman–Crippen LogP) is 9.34. The maximum absolute atomic E-state index is 4.82. The normalized spacial score (nSPS) is 13.0. The molecule has 0 saturated heterocycles. The molecule has 3 heterocycles. The van der Waals surface area contributed by atoms with Crippen molar-refractivity contribution < 1.29 is 0 Å². The van der Waals surface area contributed by atoms with Crippen LogP contribution >= 0.6 is 11.3 Å². The molecule has 0 aliphatic carbocycles. The summed E-state index contributed by atoms with van der Waals surface area (Å²) in [4.78, 5) is 8.34. The van der Waals surface area contributed by atoms with Gasteiger partial charge in [-0.25, -0.2) is 4.98 Å². The third-order valence-corrected chi connectivity index (χ3v) is 9.18. The minimum atomic E-state index is 0.381. The molecule has 3 aromatic heterocycles. The molecule has 5 nitrogen and oxygen atoms in total. The minimum absolute atomic E-state index is 0.381. The van der Waals surface area contributed by atoms with Crippen molar-refractivity contribution in [3.8, 4) is 11.1 Å². The van der Waals surface area contributed by atoms with Crippen LogP contribution in [0.15, 0.2) is 60.9 Å². The number of imidazole rings is 1. The van der Waals surface area contributed by atoms with Gasteiger partial charge in [0.05, 0.1) is 23.4 Å². The van der Waals surface area contributed by atoms with E-state index in [1.165, 1.54) is 53.3 Å². The Morgan fingerprint density at radius 3 is 2.28 bits per heavy atom. The largest absolute Gasteiger partial charge is 0.382 e. The van der Waals surface area contributed by atoms with Crippen LogP contribution in [-0.2, 0) is 0 Å². The second-order valence-corrected chi connectivity index (χ2v) is 12.1. The summed E-state index contributed by atoms with van der Waals surface area (Å²) in [6.45, 7) is 11.0. The van der Waals surface area contributed by atoms with Crippen molar-refractivity contribution in [2.24, 2.45) is 0 Å². The van der Waals surface area contributed by atoms with Crippen LogP contribution in [0.2, 0.25) is 0 Å². The molecule has 0 saturated carbocycles. The van der Waals surface area contributed by atoms with Gasteiger partial charge in [0.1, 0.15) is 5.82 Å². The van der Waals surface area contributed by atoms with Crippen LogP contribution in [0.5, 0.6) is 0 Å². The summed E-state index contributed by atoms with van der Waals surface area (Å²) in [6, 6.07) is 18.6. The second kappa shape index (κ2) is 9.02. The number of nitrogens with one attached hydrogen (secondary N) is 2. The number of H-pyrrole nitrogens is 1. The predicted molar refractivity (Wildman–Crippen MR) is 167 cm³/mol. The van der Waals surface area contributed by atoms with E-state index in [0.29, 0.717) is 12.0 Å². The fourth-order valence-corrected chi connectivity index (χ4v) is 6.78. The molecule has 0 amide bonds. The third-order valence-electron chi connectivity index (χ3n) is 8.07. The number of nitrogens with zero attached hydrogens (tertiary/aromatic N) is 3. The fourth-order valence-electron chi connectivity index (χ4n) is 5.62. The van der Waals surface area contributed by atoms with E-state index in [1.54, 1.807) is 0 Å². The molecule has 6 heteroatoms. The van der Waals surface area contributed by atoms with Crippen molar-refractivity contribution in [2.75, 3.05) is 5.32 Å². The summed E-state index contributed by atoms with van der Waals surface area (Å²) < 4.78 is 2.56. The van der Waals surface area contributed by atoms with Gasteiger partial charge in [-0.1, -0.05) is 45.0 Å². The van der Waals surface area contributed by atoms with E-state index in [0.717, 1.165) is 34.1 Å². The zero-order valence-corrected chi connectivity index (χ0v) is 23.7. The SMILES string of the molecule is CCC(C)Nc1c(C)c2cnncc2c2cc(-c3ccc4c(c3)sc3cc5nc(C(C)C)[nH]c5cc34)ccc12. The lowest BCUT2D eigenvalue weighted by atomic mass is 9.93. The lowest BCUT2D eigenvalue weighted by molar-refractivity contribution is 0.764. The first-order valence-electron chi connectivity index (χ1n) is 13.7. The molecule has 2 N–H and O–H groups in total. The molecule has 0 aliphatic rings. The van der Waals surface area contributed by atoms with Crippen LogP contribution in [0.4, 0.5) is 5.69 Å². The summed E-state index contributed by atoms with van der Waals surface area (Å²) in [5.41, 5.74) is 6.98. The van der Waals surface area contributed by atoms with Crippen LogP contribution in [-0.4, -0.2) is 26.2 Å². The van der Waals surface area contributed by atoms with Crippen molar-refractivity contribution in [2.45, 2.75) is 53.0 Å². The Morgan fingerprint density at radius 2 is 1.51 bits per heavy atom. The van der Waals surface area contributed by atoms with E-state index < -0.39 is 0 Å². The Morgan fingerprint density at radius 1 is 0.795 bits per heavy atom. The number of fused-ring (bicyclic) bond motifs is 7. The van der Waals surface area contributed by atoms with Gasteiger partial charge in [-0.05, 0) is 66.6 Å². The highest BCUT2D eigenvalue weighted by Crippen LogP contribution is 2.41. The minimum Gasteiger partial charge on any atom is -0.382 e. The number of hydrogen-bond acceptors (Lipinski definition) is 5. The van der Waals surface area contributed by atoms with Gasteiger partial charge in [0, 0.05) is 54.0 Å². The zero-order valence-electron chi connectivity index (χ0n) is 22.9. The molecule has 0 fully saturated rings. The van der Waals surface area contributed by atoms with Gasteiger partial charge in [0.25, 0.3) is 0 Å². The lowest BCUT2D eigenvalue weighted by Crippen LogP contribution is -2.14. The summed E-state index contributed by atoms with van der Waals surface area (Å²) in [5.74, 6) is 1.42. The molecule has 39 heavy (non-hydrogen) atoms. The van der Waals surface area contributed by atoms with Gasteiger partial charge in [-0.15, -0.1) is 11.3 Å². The topological polar surface area (TPSA) is 66.5 Å². The summed E-state index contributed by atoms with van der Waals surface area (Å²) in [5, 5.41) is 19.5. The molecule has 0 spiro atoms. The van der Waals surface area contributed by atoms with Crippen LogP contribution in [0.1, 0.15) is 51.4 Å².